The van der Waals surface area contributed by atoms with E-state index in [1.807, 2.05) is 13.1 Å². The third kappa shape index (κ3) is 7.89. The normalized spacial score (nSPS) is 13.8. The number of methoxy groups -OCH3 is 1. The van der Waals surface area contributed by atoms with E-state index in [9.17, 15) is 0 Å². The zero-order valence-electron chi connectivity index (χ0n) is 11.5. The van der Waals surface area contributed by atoms with Crippen molar-refractivity contribution in [1.29, 1.82) is 0 Å². The lowest BCUT2D eigenvalue weighted by Gasteiger charge is -2.28. The molecule has 0 amide bonds. The van der Waals surface area contributed by atoms with Gasteiger partial charge in [0, 0.05) is 13.2 Å². The predicted octanol–water partition coefficient (Wildman–Crippen LogP) is 3.53. The van der Waals surface area contributed by atoms with Gasteiger partial charge in [0.25, 0.3) is 0 Å². The van der Waals surface area contributed by atoms with Crippen molar-refractivity contribution in [1.82, 2.24) is 5.32 Å². The largest absolute Gasteiger partial charge is 0.379 e. The van der Waals surface area contributed by atoms with E-state index < -0.39 is 0 Å². The standard InChI is InChI=1S/C14H29NO/c1-6-7-8-9-10-11-13(15-4)12-14(2,3)16-5/h6,13,15H,1,7-12H2,2-5H3. The van der Waals surface area contributed by atoms with E-state index in [4.69, 9.17) is 4.74 Å². The lowest BCUT2D eigenvalue weighted by Crippen LogP contribution is -2.35. The topological polar surface area (TPSA) is 21.3 Å². The van der Waals surface area contributed by atoms with Gasteiger partial charge in [0.1, 0.15) is 0 Å². The molecule has 0 aromatic carbocycles. The van der Waals surface area contributed by atoms with Crippen LogP contribution in [0.1, 0.15) is 52.4 Å². The molecule has 0 aliphatic carbocycles. The average Bonchev–Trinajstić information content (AvgIpc) is 2.27. The summed E-state index contributed by atoms with van der Waals surface area (Å²) in [6, 6.07) is 0.568. The summed E-state index contributed by atoms with van der Waals surface area (Å²) in [6.07, 6.45) is 9.32. The van der Waals surface area contributed by atoms with Crippen molar-refractivity contribution in [2.75, 3.05) is 14.2 Å². The summed E-state index contributed by atoms with van der Waals surface area (Å²) in [7, 11) is 3.83. The summed E-state index contributed by atoms with van der Waals surface area (Å²) >= 11 is 0. The van der Waals surface area contributed by atoms with Gasteiger partial charge >= 0.3 is 0 Å². The molecule has 0 aliphatic heterocycles. The highest BCUT2D eigenvalue weighted by Crippen LogP contribution is 2.18. The molecule has 0 bridgehead atoms. The van der Waals surface area contributed by atoms with Gasteiger partial charge in [-0.2, -0.15) is 0 Å². The van der Waals surface area contributed by atoms with Crippen molar-refractivity contribution in [2.45, 2.75) is 64.0 Å². The van der Waals surface area contributed by atoms with Crippen LogP contribution in [0, 0.1) is 0 Å². The fourth-order valence-corrected chi connectivity index (χ4v) is 1.88. The van der Waals surface area contributed by atoms with Crippen molar-refractivity contribution in [3.63, 3.8) is 0 Å². The van der Waals surface area contributed by atoms with E-state index in [1.54, 1.807) is 7.11 Å². The number of nitrogens with one attached hydrogen (secondary N) is 1. The summed E-state index contributed by atoms with van der Waals surface area (Å²) in [4.78, 5) is 0. The van der Waals surface area contributed by atoms with Crippen LogP contribution in [0.15, 0.2) is 12.7 Å². The van der Waals surface area contributed by atoms with E-state index in [0.717, 1.165) is 12.8 Å². The molecule has 0 fully saturated rings. The summed E-state index contributed by atoms with van der Waals surface area (Å²) in [6.45, 7) is 8.04. The Bertz CT molecular complexity index is 178. The van der Waals surface area contributed by atoms with Gasteiger partial charge in [-0.25, -0.2) is 0 Å². The van der Waals surface area contributed by atoms with Crippen molar-refractivity contribution in [3.05, 3.63) is 12.7 Å². The Balaban J connectivity index is 3.70. The maximum atomic E-state index is 5.46. The van der Waals surface area contributed by atoms with Crippen molar-refractivity contribution in [3.8, 4) is 0 Å². The molecular formula is C14H29NO. The maximum Gasteiger partial charge on any atom is 0.0637 e. The van der Waals surface area contributed by atoms with E-state index in [2.05, 4.69) is 25.7 Å². The van der Waals surface area contributed by atoms with Crippen LogP contribution in [0.2, 0.25) is 0 Å². The fourth-order valence-electron chi connectivity index (χ4n) is 1.88. The molecule has 16 heavy (non-hydrogen) atoms. The maximum absolute atomic E-state index is 5.46. The number of ether oxygens (including phenoxy) is 1. The van der Waals surface area contributed by atoms with Crippen LogP contribution in [0.25, 0.3) is 0 Å². The quantitative estimate of drug-likeness (QED) is 0.455. The number of hydrogen-bond acceptors (Lipinski definition) is 2. The molecule has 0 heterocycles. The minimum atomic E-state index is -0.0191. The zero-order valence-corrected chi connectivity index (χ0v) is 11.5. The minimum absolute atomic E-state index is 0.0191. The third-order valence-electron chi connectivity index (χ3n) is 3.16. The van der Waals surface area contributed by atoms with Crippen LogP contribution in [0.5, 0.6) is 0 Å². The van der Waals surface area contributed by atoms with E-state index >= 15 is 0 Å². The van der Waals surface area contributed by atoms with E-state index in [0.29, 0.717) is 6.04 Å². The molecule has 96 valence electrons. The Hall–Kier alpha value is -0.340. The first-order chi connectivity index (χ1) is 7.55. The Morgan fingerprint density at radius 2 is 2.00 bits per heavy atom. The van der Waals surface area contributed by atoms with Crippen LogP contribution < -0.4 is 5.32 Å². The van der Waals surface area contributed by atoms with Crippen LogP contribution >= 0.6 is 0 Å². The molecule has 2 heteroatoms. The summed E-state index contributed by atoms with van der Waals surface area (Å²) in [5.41, 5.74) is -0.0191. The van der Waals surface area contributed by atoms with Gasteiger partial charge in [-0.05, 0) is 46.6 Å². The Kier molecular flexibility index (Phi) is 8.58. The number of allylic oxidation sites excluding steroid dienone is 1. The van der Waals surface area contributed by atoms with E-state index in [1.165, 1.54) is 25.7 Å². The SMILES string of the molecule is C=CCCCCCC(CC(C)(C)OC)NC. The highest BCUT2D eigenvalue weighted by molar-refractivity contribution is 4.77. The van der Waals surface area contributed by atoms with Gasteiger partial charge < -0.3 is 10.1 Å². The van der Waals surface area contributed by atoms with Crippen LogP contribution in [-0.2, 0) is 4.74 Å². The minimum Gasteiger partial charge on any atom is -0.379 e. The van der Waals surface area contributed by atoms with Gasteiger partial charge in [-0.1, -0.05) is 18.9 Å². The van der Waals surface area contributed by atoms with Gasteiger partial charge in [0.15, 0.2) is 0 Å². The summed E-state index contributed by atoms with van der Waals surface area (Å²) in [5, 5.41) is 3.38. The lowest BCUT2D eigenvalue weighted by molar-refractivity contribution is 0.00682. The molecule has 0 saturated heterocycles. The molecule has 0 aliphatic rings. The number of hydrogen-bond donors (Lipinski definition) is 1. The first kappa shape index (κ1) is 15.7. The Morgan fingerprint density at radius 3 is 2.50 bits per heavy atom. The zero-order chi connectivity index (χ0) is 12.4. The molecular weight excluding hydrogens is 198 g/mol. The highest BCUT2D eigenvalue weighted by Gasteiger charge is 2.21. The van der Waals surface area contributed by atoms with Crippen molar-refractivity contribution in [2.24, 2.45) is 0 Å². The lowest BCUT2D eigenvalue weighted by atomic mass is 9.95. The predicted molar refractivity (Wildman–Crippen MR) is 71.8 cm³/mol. The first-order valence-corrected chi connectivity index (χ1v) is 6.39. The second kappa shape index (κ2) is 8.77. The first-order valence-electron chi connectivity index (χ1n) is 6.39. The fraction of sp³-hybridized carbons (Fsp3) is 0.857. The third-order valence-corrected chi connectivity index (χ3v) is 3.16. The van der Waals surface area contributed by atoms with Crippen molar-refractivity contribution < 1.29 is 4.74 Å². The summed E-state index contributed by atoms with van der Waals surface area (Å²) in [5.74, 6) is 0. The molecule has 0 radical (unpaired) electrons. The molecule has 1 unspecified atom stereocenters. The van der Waals surface area contributed by atoms with Crippen LogP contribution in [0.4, 0.5) is 0 Å². The van der Waals surface area contributed by atoms with Crippen LogP contribution in [-0.4, -0.2) is 25.8 Å². The highest BCUT2D eigenvalue weighted by atomic mass is 16.5. The van der Waals surface area contributed by atoms with Gasteiger partial charge in [-0.3, -0.25) is 0 Å². The van der Waals surface area contributed by atoms with Crippen molar-refractivity contribution >= 4 is 0 Å². The molecule has 0 rings (SSSR count). The molecule has 1 N–H and O–H groups in total. The monoisotopic (exact) mass is 227 g/mol. The molecule has 0 saturated carbocycles. The van der Waals surface area contributed by atoms with Gasteiger partial charge in [0.05, 0.1) is 5.60 Å². The molecule has 0 spiro atoms. The average molecular weight is 227 g/mol. The second-order valence-corrected chi connectivity index (χ2v) is 5.08. The van der Waals surface area contributed by atoms with Gasteiger partial charge in [0.2, 0.25) is 0 Å². The van der Waals surface area contributed by atoms with Gasteiger partial charge in [-0.15, -0.1) is 6.58 Å². The number of rotatable bonds is 10. The number of unbranched alkanes of at least 4 members (excludes halogenated alkanes) is 3. The second-order valence-electron chi connectivity index (χ2n) is 5.08. The molecule has 0 aromatic rings. The molecule has 2 nitrogen and oxygen atoms in total. The summed E-state index contributed by atoms with van der Waals surface area (Å²) < 4.78 is 5.46. The Morgan fingerprint density at radius 1 is 1.31 bits per heavy atom. The molecule has 1 atom stereocenters. The molecule has 0 aromatic heterocycles. The van der Waals surface area contributed by atoms with E-state index in [-0.39, 0.29) is 5.60 Å². The smallest absolute Gasteiger partial charge is 0.0637 e. The Labute approximate surface area is 101 Å². The van der Waals surface area contributed by atoms with Crippen LogP contribution in [0.3, 0.4) is 0 Å².